The second-order valence-corrected chi connectivity index (χ2v) is 12.4. The standard InChI is InChI=1S/C28H37BrN8O.C2HF3O2/c1-34-13-15-36(16-14-34)23-9-11-35(12-10-23)20-21-5-4-6-22(17-21)28(38)33-37(24-7-2-3-8-24)27-25(29)19-31-26(18-30)32-27;3-2(4,5)1(6)7/h4-6,17,19,23-24H,2-3,7-16,20H2,1H3,(H,33,38);(H,6,7). The Bertz CT molecular complexity index is 1350. The van der Waals surface area contributed by atoms with E-state index >= 15 is 0 Å². The first-order chi connectivity index (χ1) is 21.4. The van der Waals surface area contributed by atoms with Crippen molar-refractivity contribution in [1.82, 2.24) is 30.1 Å². The Hall–Kier alpha value is -3.32. The minimum absolute atomic E-state index is 0.0823. The number of halogens is 4. The monoisotopic (exact) mass is 694 g/mol. The molecule has 2 N–H and O–H groups in total. The van der Waals surface area contributed by atoms with Gasteiger partial charge in [0, 0.05) is 50.5 Å². The van der Waals surface area contributed by atoms with Crippen LogP contribution in [-0.4, -0.2) is 106 Å². The quantitative estimate of drug-likeness (QED) is 0.410. The number of carboxylic acids is 1. The third-order valence-electron chi connectivity index (χ3n) is 8.41. The number of carbonyl (C=O) groups excluding carboxylic acids is 1. The predicted octanol–water partition coefficient (Wildman–Crippen LogP) is 4.05. The maximum atomic E-state index is 13.4. The number of rotatable bonds is 7. The molecule has 1 aliphatic carbocycles. The molecule has 0 spiro atoms. The van der Waals surface area contributed by atoms with Crippen molar-refractivity contribution in [1.29, 1.82) is 5.26 Å². The van der Waals surface area contributed by atoms with E-state index in [-0.39, 0.29) is 17.8 Å². The summed E-state index contributed by atoms with van der Waals surface area (Å²) < 4.78 is 32.4. The highest BCUT2D eigenvalue weighted by Crippen LogP contribution is 2.30. The Kier molecular flexibility index (Phi) is 12.1. The Morgan fingerprint density at radius 2 is 1.76 bits per heavy atom. The van der Waals surface area contributed by atoms with Gasteiger partial charge in [-0.1, -0.05) is 25.0 Å². The lowest BCUT2D eigenvalue weighted by molar-refractivity contribution is -0.192. The van der Waals surface area contributed by atoms with Gasteiger partial charge in [0.25, 0.3) is 5.91 Å². The summed E-state index contributed by atoms with van der Waals surface area (Å²) in [5, 5.41) is 18.3. The molecule has 1 saturated carbocycles. The highest BCUT2D eigenvalue weighted by molar-refractivity contribution is 9.10. The molecule has 1 amide bonds. The molecule has 15 heteroatoms. The van der Waals surface area contributed by atoms with Crippen LogP contribution in [0, 0.1) is 11.3 Å². The van der Waals surface area contributed by atoms with Crippen LogP contribution in [0.15, 0.2) is 34.9 Å². The molecule has 2 aliphatic heterocycles. The van der Waals surface area contributed by atoms with Crippen LogP contribution in [0.25, 0.3) is 0 Å². The number of nitriles is 1. The minimum atomic E-state index is -5.08. The Morgan fingerprint density at radius 3 is 2.36 bits per heavy atom. The smallest absolute Gasteiger partial charge is 0.475 e. The average Bonchev–Trinajstić information content (AvgIpc) is 3.56. The highest BCUT2D eigenvalue weighted by atomic mass is 79.9. The fourth-order valence-electron chi connectivity index (χ4n) is 5.93. The van der Waals surface area contributed by atoms with Crippen LogP contribution in [0.1, 0.15) is 60.3 Å². The zero-order chi connectivity index (χ0) is 32.6. The number of carboxylic acid groups (broad SMARTS) is 1. The number of anilines is 1. The van der Waals surface area contributed by atoms with Gasteiger partial charge in [-0.05, 0) is 79.4 Å². The molecule has 2 saturated heterocycles. The van der Waals surface area contributed by atoms with Gasteiger partial charge in [0.05, 0.1) is 10.5 Å². The summed E-state index contributed by atoms with van der Waals surface area (Å²) >= 11 is 3.51. The van der Waals surface area contributed by atoms with Gasteiger partial charge in [-0.3, -0.25) is 25.0 Å². The van der Waals surface area contributed by atoms with Crippen LogP contribution in [0.3, 0.4) is 0 Å². The molecule has 5 rings (SSSR count). The summed E-state index contributed by atoms with van der Waals surface area (Å²) in [5.41, 5.74) is 4.88. The number of aliphatic carboxylic acids is 1. The van der Waals surface area contributed by atoms with Crippen molar-refractivity contribution in [3.05, 3.63) is 51.9 Å². The van der Waals surface area contributed by atoms with Crippen molar-refractivity contribution in [2.24, 2.45) is 0 Å². The minimum Gasteiger partial charge on any atom is -0.475 e. The number of amides is 1. The number of aromatic nitrogens is 2. The van der Waals surface area contributed by atoms with E-state index in [0.29, 0.717) is 21.9 Å². The number of nitrogens with one attached hydrogen (secondary N) is 1. The van der Waals surface area contributed by atoms with Gasteiger partial charge >= 0.3 is 12.1 Å². The number of piperidine rings is 1. The number of hydrazine groups is 1. The molecule has 3 fully saturated rings. The molecule has 1 aromatic carbocycles. The fraction of sp³-hybridized carbons (Fsp3) is 0.567. The first-order valence-electron chi connectivity index (χ1n) is 15.0. The highest BCUT2D eigenvalue weighted by Gasteiger charge is 2.38. The molecule has 244 valence electrons. The molecule has 1 aromatic heterocycles. The Morgan fingerprint density at radius 1 is 1.11 bits per heavy atom. The first-order valence-corrected chi connectivity index (χ1v) is 15.8. The number of piperazine rings is 1. The molecule has 45 heavy (non-hydrogen) atoms. The van der Waals surface area contributed by atoms with Crippen LogP contribution in [0.2, 0.25) is 0 Å². The topological polar surface area (TPSA) is 129 Å². The van der Waals surface area contributed by atoms with Crippen LogP contribution in [-0.2, 0) is 11.3 Å². The van der Waals surface area contributed by atoms with E-state index in [1.807, 2.05) is 29.3 Å². The number of alkyl halides is 3. The summed E-state index contributed by atoms with van der Waals surface area (Å²) in [6.07, 6.45) is 3.03. The predicted molar refractivity (Wildman–Crippen MR) is 164 cm³/mol. The molecule has 0 unspecified atom stereocenters. The zero-order valence-electron chi connectivity index (χ0n) is 25.1. The molecule has 0 atom stereocenters. The van der Waals surface area contributed by atoms with Crippen molar-refractivity contribution in [2.45, 2.75) is 63.3 Å². The number of likely N-dealkylation sites (N-methyl/N-ethyl adjacent to an activating group) is 1. The maximum absolute atomic E-state index is 13.4. The molecule has 0 bridgehead atoms. The second-order valence-electron chi connectivity index (χ2n) is 11.6. The van der Waals surface area contributed by atoms with Gasteiger partial charge in [-0.2, -0.15) is 23.4 Å². The Balaban J connectivity index is 0.000000591. The number of likely N-dealkylation sites (tertiary alicyclic amines) is 1. The molecule has 3 aliphatic rings. The molecule has 3 heterocycles. The molecule has 2 aromatic rings. The normalized spacial score (nSPS) is 18.9. The van der Waals surface area contributed by atoms with Crippen LogP contribution in [0.5, 0.6) is 0 Å². The number of hydrogen-bond donors (Lipinski definition) is 2. The molecular formula is C30H38BrF3N8O3. The van der Waals surface area contributed by atoms with E-state index in [1.165, 1.54) is 39.0 Å². The lowest BCUT2D eigenvalue weighted by Crippen LogP contribution is -2.52. The van der Waals surface area contributed by atoms with Gasteiger partial charge in [0.15, 0.2) is 5.82 Å². The maximum Gasteiger partial charge on any atom is 0.490 e. The van der Waals surface area contributed by atoms with E-state index in [9.17, 15) is 23.2 Å². The lowest BCUT2D eigenvalue weighted by Gasteiger charge is -2.42. The summed E-state index contributed by atoms with van der Waals surface area (Å²) in [6.45, 7) is 7.73. The number of carbonyl (C=O) groups is 2. The van der Waals surface area contributed by atoms with E-state index < -0.39 is 12.1 Å². The summed E-state index contributed by atoms with van der Waals surface area (Å²) in [6, 6.07) is 10.8. The molecule has 11 nitrogen and oxygen atoms in total. The summed E-state index contributed by atoms with van der Waals surface area (Å²) in [7, 11) is 2.21. The van der Waals surface area contributed by atoms with Crippen LogP contribution in [0.4, 0.5) is 19.0 Å². The SMILES string of the molecule is CN1CCN(C2CCN(Cc3cccc(C(=O)NN(c4nc(C#N)ncc4Br)C4CCCC4)c3)CC2)CC1.O=C(O)C(F)(F)F. The van der Waals surface area contributed by atoms with Crippen LogP contribution < -0.4 is 10.4 Å². The average molecular weight is 696 g/mol. The number of hydrogen-bond acceptors (Lipinski definition) is 9. The van der Waals surface area contributed by atoms with E-state index in [4.69, 9.17) is 9.90 Å². The Labute approximate surface area is 269 Å². The van der Waals surface area contributed by atoms with Gasteiger partial charge in [-0.15, -0.1) is 0 Å². The van der Waals surface area contributed by atoms with Crippen molar-refractivity contribution in [3.8, 4) is 6.07 Å². The van der Waals surface area contributed by atoms with Gasteiger partial charge in [-0.25, -0.2) is 9.78 Å². The third-order valence-corrected chi connectivity index (χ3v) is 8.97. The zero-order valence-corrected chi connectivity index (χ0v) is 26.7. The van der Waals surface area contributed by atoms with E-state index in [1.54, 1.807) is 6.20 Å². The summed E-state index contributed by atoms with van der Waals surface area (Å²) in [4.78, 5) is 38.4. The van der Waals surface area contributed by atoms with E-state index in [2.05, 4.69) is 59.1 Å². The van der Waals surface area contributed by atoms with E-state index in [0.717, 1.165) is 50.9 Å². The summed E-state index contributed by atoms with van der Waals surface area (Å²) in [5.74, 6) is -2.32. The number of benzene rings is 1. The fourth-order valence-corrected chi connectivity index (χ4v) is 6.32. The van der Waals surface area contributed by atoms with Crippen molar-refractivity contribution in [2.75, 3.05) is 51.3 Å². The second kappa shape index (κ2) is 15.8. The van der Waals surface area contributed by atoms with Gasteiger partial charge in [0.2, 0.25) is 5.82 Å². The largest absolute Gasteiger partial charge is 0.490 e. The number of nitrogens with zero attached hydrogens (tertiary/aromatic N) is 7. The van der Waals surface area contributed by atoms with Crippen molar-refractivity contribution >= 4 is 33.6 Å². The third kappa shape index (κ3) is 9.83. The van der Waals surface area contributed by atoms with Gasteiger partial charge < -0.3 is 10.0 Å². The first kappa shape index (κ1) is 34.6. The van der Waals surface area contributed by atoms with Crippen LogP contribution >= 0.6 is 15.9 Å². The lowest BCUT2D eigenvalue weighted by atomic mass is 10.0. The molecule has 0 radical (unpaired) electrons. The van der Waals surface area contributed by atoms with Crippen molar-refractivity contribution in [3.63, 3.8) is 0 Å². The molecular weight excluding hydrogens is 657 g/mol. The van der Waals surface area contributed by atoms with Gasteiger partial charge in [0.1, 0.15) is 6.07 Å². The van der Waals surface area contributed by atoms with Crippen molar-refractivity contribution < 1.29 is 27.9 Å².